The number of nitrogens with one attached hydrogen (secondary N) is 1. The number of carbonyl (C=O) groups is 2. The van der Waals surface area contributed by atoms with Gasteiger partial charge in [0.05, 0.1) is 0 Å². The smallest absolute Gasteiger partial charge is 0.253 e. The second-order valence-electron chi connectivity index (χ2n) is 5.23. The molecule has 1 N–H and O–H groups in total. The minimum atomic E-state index is -0.0617. The molecule has 1 aromatic carbocycles. The van der Waals surface area contributed by atoms with Crippen LogP contribution in [0.3, 0.4) is 0 Å². The molecule has 0 aliphatic rings. The lowest BCUT2D eigenvalue weighted by molar-refractivity contribution is -0.118. The predicted octanol–water partition coefficient (Wildman–Crippen LogP) is 2.76. The van der Waals surface area contributed by atoms with Crippen molar-refractivity contribution in [1.82, 2.24) is 4.90 Å². The van der Waals surface area contributed by atoms with Gasteiger partial charge in [-0.2, -0.15) is 0 Å². The van der Waals surface area contributed by atoms with Crippen LogP contribution < -0.4 is 5.32 Å². The first kappa shape index (κ1) is 15.2. The van der Waals surface area contributed by atoms with Crippen molar-refractivity contribution >= 4 is 17.5 Å². The molecule has 0 heterocycles. The summed E-state index contributed by atoms with van der Waals surface area (Å²) in [4.78, 5) is 25.3. The number of hydrogen-bond donors (Lipinski definition) is 1. The molecule has 1 aromatic rings. The van der Waals surface area contributed by atoms with Crippen LogP contribution in [0.25, 0.3) is 0 Å². The molecule has 0 aliphatic carbocycles. The monoisotopic (exact) mass is 262 g/mol. The first-order valence-electron chi connectivity index (χ1n) is 6.51. The van der Waals surface area contributed by atoms with E-state index >= 15 is 0 Å². The fourth-order valence-corrected chi connectivity index (χ4v) is 1.42. The maximum absolute atomic E-state index is 12.1. The number of nitrogens with zero attached hydrogens (tertiary/aromatic N) is 1. The van der Waals surface area contributed by atoms with Crippen LogP contribution in [0.15, 0.2) is 24.3 Å². The minimum Gasteiger partial charge on any atom is -0.339 e. The van der Waals surface area contributed by atoms with Gasteiger partial charge in [0.2, 0.25) is 5.91 Å². The van der Waals surface area contributed by atoms with E-state index in [9.17, 15) is 9.59 Å². The SMILES string of the molecule is CC(C)C(=O)Nc1ccc(C(=O)N(C)C(C)C)cc1. The van der Waals surface area contributed by atoms with Gasteiger partial charge in [-0.25, -0.2) is 0 Å². The summed E-state index contributed by atoms with van der Waals surface area (Å²) in [6.07, 6.45) is 0. The molecular weight excluding hydrogens is 240 g/mol. The molecular formula is C15H22N2O2. The third kappa shape index (κ3) is 4.09. The highest BCUT2D eigenvalue weighted by Gasteiger charge is 2.14. The van der Waals surface area contributed by atoms with Gasteiger partial charge in [-0.1, -0.05) is 13.8 Å². The van der Waals surface area contributed by atoms with E-state index < -0.39 is 0 Å². The molecule has 4 nitrogen and oxygen atoms in total. The molecule has 0 bridgehead atoms. The van der Waals surface area contributed by atoms with E-state index in [1.807, 2.05) is 27.7 Å². The number of benzene rings is 1. The van der Waals surface area contributed by atoms with Gasteiger partial charge in [-0.3, -0.25) is 9.59 Å². The van der Waals surface area contributed by atoms with Gasteiger partial charge < -0.3 is 10.2 Å². The van der Waals surface area contributed by atoms with Crippen LogP contribution in [0.2, 0.25) is 0 Å². The zero-order chi connectivity index (χ0) is 14.6. The lowest BCUT2D eigenvalue weighted by atomic mass is 10.1. The summed E-state index contributed by atoms with van der Waals surface area (Å²) >= 11 is 0. The maximum Gasteiger partial charge on any atom is 0.253 e. The summed E-state index contributed by atoms with van der Waals surface area (Å²) in [5.74, 6) is -0.108. The molecule has 0 fully saturated rings. The van der Waals surface area contributed by atoms with E-state index in [2.05, 4.69) is 5.32 Å². The Kier molecular flexibility index (Phi) is 5.10. The van der Waals surface area contributed by atoms with Crippen molar-refractivity contribution in [3.63, 3.8) is 0 Å². The normalized spacial score (nSPS) is 10.7. The van der Waals surface area contributed by atoms with Crippen molar-refractivity contribution in [3.05, 3.63) is 29.8 Å². The first-order chi connectivity index (χ1) is 8.82. The molecule has 1 rings (SSSR count). The second-order valence-corrected chi connectivity index (χ2v) is 5.23. The molecule has 0 aliphatic heterocycles. The number of rotatable bonds is 4. The average Bonchev–Trinajstić information content (AvgIpc) is 2.37. The highest BCUT2D eigenvalue weighted by molar-refractivity contribution is 5.96. The molecule has 4 heteroatoms. The Bertz CT molecular complexity index is 450. The van der Waals surface area contributed by atoms with Crippen LogP contribution in [-0.4, -0.2) is 29.8 Å². The third-order valence-corrected chi connectivity index (χ3v) is 3.02. The van der Waals surface area contributed by atoms with Crippen molar-refractivity contribution in [2.75, 3.05) is 12.4 Å². The lowest BCUT2D eigenvalue weighted by Crippen LogP contribution is -2.32. The fourth-order valence-electron chi connectivity index (χ4n) is 1.42. The van der Waals surface area contributed by atoms with Gasteiger partial charge in [-0.05, 0) is 38.1 Å². The van der Waals surface area contributed by atoms with Crippen LogP contribution in [0, 0.1) is 5.92 Å². The van der Waals surface area contributed by atoms with Crippen LogP contribution in [0.5, 0.6) is 0 Å². The Morgan fingerprint density at radius 1 is 1.05 bits per heavy atom. The van der Waals surface area contributed by atoms with Gasteiger partial charge in [0.1, 0.15) is 0 Å². The van der Waals surface area contributed by atoms with Gasteiger partial charge in [0, 0.05) is 30.3 Å². The summed E-state index contributed by atoms with van der Waals surface area (Å²) in [7, 11) is 1.78. The van der Waals surface area contributed by atoms with Crippen LogP contribution >= 0.6 is 0 Å². The van der Waals surface area contributed by atoms with E-state index in [1.165, 1.54) is 0 Å². The Morgan fingerprint density at radius 3 is 2.00 bits per heavy atom. The number of hydrogen-bond acceptors (Lipinski definition) is 2. The summed E-state index contributed by atoms with van der Waals surface area (Å²) in [6.45, 7) is 7.61. The van der Waals surface area contributed by atoms with Crippen molar-refractivity contribution in [2.24, 2.45) is 5.92 Å². The van der Waals surface area contributed by atoms with Crippen molar-refractivity contribution < 1.29 is 9.59 Å². The fraction of sp³-hybridized carbons (Fsp3) is 0.467. The molecule has 104 valence electrons. The molecule has 0 radical (unpaired) electrons. The van der Waals surface area contributed by atoms with E-state index in [0.717, 1.165) is 0 Å². The van der Waals surface area contributed by atoms with E-state index in [1.54, 1.807) is 36.2 Å². The molecule has 0 aromatic heterocycles. The molecule has 0 saturated carbocycles. The van der Waals surface area contributed by atoms with E-state index in [-0.39, 0.29) is 23.8 Å². The van der Waals surface area contributed by atoms with Crippen LogP contribution in [0.1, 0.15) is 38.1 Å². The van der Waals surface area contributed by atoms with Crippen LogP contribution in [-0.2, 0) is 4.79 Å². The molecule has 19 heavy (non-hydrogen) atoms. The van der Waals surface area contributed by atoms with E-state index in [0.29, 0.717) is 11.3 Å². The molecule has 0 unspecified atom stereocenters. The Balaban J connectivity index is 2.77. The Labute approximate surface area is 114 Å². The standard InChI is InChI=1S/C15H22N2O2/c1-10(2)14(18)16-13-8-6-12(7-9-13)15(19)17(5)11(3)4/h6-11H,1-5H3,(H,16,18). The maximum atomic E-state index is 12.1. The minimum absolute atomic E-state index is 0.0169. The molecule has 0 spiro atoms. The number of carbonyl (C=O) groups excluding carboxylic acids is 2. The van der Waals surface area contributed by atoms with Crippen LogP contribution in [0.4, 0.5) is 5.69 Å². The average molecular weight is 262 g/mol. The largest absolute Gasteiger partial charge is 0.339 e. The lowest BCUT2D eigenvalue weighted by Gasteiger charge is -2.21. The topological polar surface area (TPSA) is 49.4 Å². The summed E-state index contributed by atoms with van der Waals surface area (Å²) in [5, 5.41) is 2.80. The van der Waals surface area contributed by atoms with Crippen molar-refractivity contribution in [3.8, 4) is 0 Å². The van der Waals surface area contributed by atoms with Gasteiger partial charge in [0.25, 0.3) is 5.91 Å². The predicted molar refractivity (Wildman–Crippen MR) is 77.1 cm³/mol. The molecule has 2 amide bonds. The van der Waals surface area contributed by atoms with Gasteiger partial charge >= 0.3 is 0 Å². The Hall–Kier alpha value is -1.84. The quantitative estimate of drug-likeness (QED) is 0.907. The van der Waals surface area contributed by atoms with Gasteiger partial charge in [-0.15, -0.1) is 0 Å². The van der Waals surface area contributed by atoms with Crippen molar-refractivity contribution in [1.29, 1.82) is 0 Å². The number of anilines is 1. The highest BCUT2D eigenvalue weighted by atomic mass is 16.2. The van der Waals surface area contributed by atoms with Gasteiger partial charge in [0.15, 0.2) is 0 Å². The first-order valence-corrected chi connectivity index (χ1v) is 6.51. The number of amides is 2. The molecule has 0 atom stereocenters. The Morgan fingerprint density at radius 2 is 1.58 bits per heavy atom. The molecule has 0 saturated heterocycles. The highest BCUT2D eigenvalue weighted by Crippen LogP contribution is 2.13. The summed E-state index contributed by atoms with van der Waals surface area (Å²) in [6, 6.07) is 7.13. The zero-order valence-electron chi connectivity index (χ0n) is 12.2. The summed E-state index contributed by atoms with van der Waals surface area (Å²) < 4.78 is 0. The van der Waals surface area contributed by atoms with Crippen molar-refractivity contribution in [2.45, 2.75) is 33.7 Å². The van der Waals surface area contributed by atoms with E-state index in [4.69, 9.17) is 0 Å². The third-order valence-electron chi connectivity index (χ3n) is 3.02. The summed E-state index contributed by atoms with van der Waals surface area (Å²) in [5.41, 5.74) is 1.33. The second kappa shape index (κ2) is 6.36. The zero-order valence-corrected chi connectivity index (χ0v) is 12.2.